The van der Waals surface area contributed by atoms with Crippen molar-refractivity contribution in [1.82, 2.24) is 5.32 Å². The summed E-state index contributed by atoms with van der Waals surface area (Å²) < 4.78 is 41.8. The number of benzene rings is 2. The van der Waals surface area contributed by atoms with E-state index in [9.17, 15) is 22.8 Å². The number of aliphatic imine (C=N–C) groups is 1. The third kappa shape index (κ3) is 7.27. The Morgan fingerprint density at radius 1 is 1.25 bits per heavy atom. The maximum Gasteiger partial charge on any atom is 0.422 e. The minimum absolute atomic E-state index is 0.0524. The molecule has 0 fully saturated rings. The van der Waals surface area contributed by atoms with E-state index >= 15 is 0 Å². The molecule has 0 heterocycles. The Morgan fingerprint density at radius 3 is 2.53 bits per heavy atom. The number of carbonyl (C=O) groups is 2. The van der Waals surface area contributed by atoms with Gasteiger partial charge < -0.3 is 26.3 Å². The molecule has 0 bridgehead atoms. The lowest BCUT2D eigenvalue weighted by Crippen LogP contribution is -2.30. The van der Waals surface area contributed by atoms with Gasteiger partial charge >= 0.3 is 12.1 Å². The van der Waals surface area contributed by atoms with Crippen molar-refractivity contribution in [2.75, 3.05) is 25.4 Å². The van der Waals surface area contributed by atoms with Gasteiger partial charge in [-0.15, -0.1) is 0 Å². The number of nitrogens with zero attached hydrogens (tertiary/aromatic N) is 1. The minimum atomic E-state index is -4.54. The third-order valence-corrected chi connectivity index (χ3v) is 4.20. The van der Waals surface area contributed by atoms with E-state index in [1.165, 1.54) is 30.5 Å². The summed E-state index contributed by atoms with van der Waals surface area (Å²) >= 11 is 5.86. The number of carboxylic acid groups (broad SMARTS) is 1. The Kier molecular flexibility index (Phi) is 8.19. The van der Waals surface area contributed by atoms with E-state index in [2.05, 4.69) is 15.0 Å². The number of aliphatic carboxylic acids is 1. The van der Waals surface area contributed by atoms with Gasteiger partial charge in [0.25, 0.3) is 5.91 Å². The lowest BCUT2D eigenvalue weighted by molar-refractivity contribution is -0.153. The number of nitrogens with two attached hydrogens (primary N) is 1. The molecule has 32 heavy (non-hydrogen) atoms. The summed E-state index contributed by atoms with van der Waals surface area (Å²) in [6, 6.07) is 8.53. The molecule has 2 aromatic rings. The molecule has 1 amide bonds. The average Bonchev–Trinajstić information content (AvgIpc) is 2.71. The molecular weight excluding hydrogens is 453 g/mol. The number of carboxylic acids is 1. The van der Waals surface area contributed by atoms with E-state index in [1.807, 2.05) is 0 Å². The fraction of sp³-hybridized carbons (Fsp3) is 0.200. The molecule has 2 rings (SSSR count). The highest BCUT2D eigenvalue weighted by atomic mass is 35.5. The Bertz CT molecular complexity index is 1060. The summed E-state index contributed by atoms with van der Waals surface area (Å²) in [6.07, 6.45) is -3.30. The first-order valence-corrected chi connectivity index (χ1v) is 9.31. The van der Waals surface area contributed by atoms with Gasteiger partial charge in [-0.1, -0.05) is 29.8 Å². The van der Waals surface area contributed by atoms with E-state index in [0.717, 1.165) is 0 Å². The average molecular weight is 471 g/mol. The van der Waals surface area contributed by atoms with Crippen LogP contribution >= 0.6 is 11.6 Å². The van der Waals surface area contributed by atoms with Crippen molar-refractivity contribution in [3.8, 4) is 5.75 Å². The van der Waals surface area contributed by atoms with E-state index in [4.69, 9.17) is 27.9 Å². The number of nitrogens with one attached hydrogen (secondary N) is 2. The third-order valence-electron chi connectivity index (χ3n) is 3.91. The molecule has 0 unspecified atom stereocenters. The first-order valence-electron chi connectivity index (χ1n) is 8.93. The van der Waals surface area contributed by atoms with Gasteiger partial charge in [-0.25, -0.2) is 0 Å². The van der Waals surface area contributed by atoms with Gasteiger partial charge in [0.2, 0.25) is 0 Å². The Morgan fingerprint density at radius 2 is 1.91 bits per heavy atom. The van der Waals surface area contributed by atoms with Crippen LogP contribution in [0, 0.1) is 5.41 Å². The number of anilines is 1. The van der Waals surface area contributed by atoms with Crippen LogP contribution in [0.4, 0.5) is 18.9 Å². The maximum absolute atomic E-state index is 12.4. The maximum atomic E-state index is 12.4. The summed E-state index contributed by atoms with van der Waals surface area (Å²) in [5.74, 6) is -2.10. The summed E-state index contributed by atoms with van der Waals surface area (Å²) in [6.45, 7) is -2.30. The van der Waals surface area contributed by atoms with Gasteiger partial charge in [0.05, 0.1) is 17.3 Å². The molecule has 0 spiro atoms. The lowest BCUT2D eigenvalue weighted by atomic mass is 10.0. The number of ether oxygens (including phenoxy) is 1. The van der Waals surface area contributed by atoms with Gasteiger partial charge in [0.1, 0.15) is 12.3 Å². The standard InChI is InChI=1S/C20H18ClF3N4O4/c21-14-6-15(25)11(5-17(14)32-10-20(22,23)24)7-27-8-16(26)12-3-1-2-4-13(12)19(31)28-9-18(29)30/h1-7,26H,8-10,25H2,(H,28,31)(H,29,30). The molecule has 170 valence electrons. The van der Waals surface area contributed by atoms with Crippen molar-refractivity contribution in [3.63, 3.8) is 0 Å². The van der Waals surface area contributed by atoms with E-state index in [1.54, 1.807) is 12.1 Å². The molecule has 0 aliphatic heterocycles. The smallest absolute Gasteiger partial charge is 0.422 e. The SMILES string of the molecule is N=C(CN=Cc1cc(OCC(F)(F)F)c(Cl)cc1N)c1ccccc1C(=O)NCC(=O)O. The zero-order valence-electron chi connectivity index (χ0n) is 16.4. The summed E-state index contributed by atoms with van der Waals surface area (Å²) in [7, 11) is 0. The molecule has 0 radical (unpaired) electrons. The predicted octanol–water partition coefficient (Wildman–Crippen LogP) is 3.16. The second-order valence-electron chi connectivity index (χ2n) is 6.39. The summed E-state index contributed by atoms with van der Waals surface area (Å²) in [5, 5.41) is 19.0. The fourth-order valence-electron chi connectivity index (χ4n) is 2.48. The topological polar surface area (TPSA) is 138 Å². The number of hydrogen-bond acceptors (Lipinski definition) is 6. The number of halogens is 4. The van der Waals surface area contributed by atoms with Crippen LogP contribution in [0.5, 0.6) is 5.75 Å². The molecule has 0 saturated carbocycles. The van der Waals surface area contributed by atoms with Crippen molar-refractivity contribution in [3.05, 3.63) is 58.1 Å². The monoisotopic (exact) mass is 470 g/mol. The van der Waals surface area contributed by atoms with E-state index < -0.39 is 31.2 Å². The Balaban J connectivity index is 2.14. The zero-order valence-corrected chi connectivity index (χ0v) is 17.1. The number of nitrogen functional groups attached to an aromatic ring is 1. The van der Waals surface area contributed by atoms with Crippen LogP contribution in [0.1, 0.15) is 21.5 Å². The van der Waals surface area contributed by atoms with Crippen LogP contribution in [-0.2, 0) is 4.79 Å². The Hall–Kier alpha value is -3.60. The van der Waals surface area contributed by atoms with Gasteiger partial charge in [0.15, 0.2) is 6.61 Å². The first kappa shape index (κ1) is 24.7. The quantitative estimate of drug-likeness (QED) is 0.329. The second-order valence-corrected chi connectivity index (χ2v) is 6.79. The van der Waals surface area contributed by atoms with E-state index in [0.29, 0.717) is 0 Å². The van der Waals surface area contributed by atoms with Crippen LogP contribution in [0.15, 0.2) is 41.4 Å². The van der Waals surface area contributed by atoms with Crippen molar-refractivity contribution in [2.45, 2.75) is 6.18 Å². The zero-order chi connectivity index (χ0) is 23.9. The van der Waals surface area contributed by atoms with E-state index in [-0.39, 0.29) is 45.4 Å². The Labute approximate surface area is 185 Å². The van der Waals surface area contributed by atoms with Crippen LogP contribution in [0.2, 0.25) is 5.02 Å². The highest BCUT2D eigenvalue weighted by molar-refractivity contribution is 6.32. The van der Waals surface area contributed by atoms with Crippen molar-refractivity contribution in [1.29, 1.82) is 5.41 Å². The molecule has 0 saturated heterocycles. The molecular formula is C20H18ClF3N4O4. The highest BCUT2D eigenvalue weighted by Gasteiger charge is 2.29. The van der Waals surface area contributed by atoms with Gasteiger partial charge in [0, 0.05) is 28.6 Å². The molecule has 2 aromatic carbocycles. The summed E-state index contributed by atoms with van der Waals surface area (Å²) in [4.78, 5) is 26.9. The number of amides is 1. The molecule has 0 aliphatic carbocycles. The number of alkyl halides is 3. The minimum Gasteiger partial charge on any atom is -0.483 e. The molecule has 0 aromatic heterocycles. The summed E-state index contributed by atoms with van der Waals surface area (Å²) in [5.41, 5.74) is 6.47. The molecule has 0 atom stereocenters. The highest BCUT2D eigenvalue weighted by Crippen LogP contribution is 2.30. The van der Waals surface area contributed by atoms with Gasteiger partial charge in [-0.3, -0.25) is 14.6 Å². The predicted molar refractivity (Wildman–Crippen MR) is 113 cm³/mol. The fourth-order valence-corrected chi connectivity index (χ4v) is 2.71. The first-order chi connectivity index (χ1) is 15.0. The lowest BCUT2D eigenvalue weighted by Gasteiger charge is -2.12. The van der Waals surface area contributed by atoms with Crippen molar-refractivity contribution >= 4 is 41.1 Å². The molecule has 5 N–H and O–H groups in total. The van der Waals surface area contributed by atoms with Crippen LogP contribution in [0.3, 0.4) is 0 Å². The van der Waals surface area contributed by atoms with Crippen molar-refractivity contribution in [2.24, 2.45) is 4.99 Å². The molecule has 12 heteroatoms. The van der Waals surface area contributed by atoms with Crippen LogP contribution in [-0.4, -0.2) is 54.8 Å². The number of hydrogen-bond donors (Lipinski definition) is 4. The van der Waals surface area contributed by atoms with Crippen molar-refractivity contribution < 1.29 is 32.6 Å². The number of carbonyl (C=O) groups excluding carboxylic acids is 1. The van der Waals surface area contributed by atoms with Crippen LogP contribution in [0.25, 0.3) is 0 Å². The normalized spacial score (nSPS) is 11.4. The van der Waals surface area contributed by atoms with Gasteiger partial charge in [-0.05, 0) is 18.2 Å². The largest absolute Gasteiger partial charge is 0.483 e. The molecule has 8 nitrogen and oxygen atoms in total. The molecule has 0 aliphatic rings. The van der Waals surface area contributed by atoms with Crippen LogP contribution < -0.4 is 15.8 Å². The second kappa shape index (κ2) is 10.6. The number of rotatable bonds is 9. The van der Waals surface area contributed by atoms with Gasteiger partial charge in [-0.2, -0.15) is 13.2 Å².